The smallest absolute Gasteiger partial charge is 0.271 e. The summed E-state index contributed by atoms with van der Waals surface area (Å²) < 4.78 is 0. The molecule has 0 atom stereocenters. The van der Waals surface area contributed by atoms with Gasteiger partial charge in [0.1, 0.15) is 17.8 Å². The van der Waals surface area contributed by atoms with Gasteiger partial charge >= 0.3 is 0 Å². The highest BCUT2D eigenvalue weighted by Gasteiger charge is 2.07. The Morgan fingerprint density at radius 1 is 1.44 bits per heavy atom. The lowest BCUT2D eigenvalue weighted by molar-refractivity contribution is 0.0944. The highest BCUT2D eigenvalue weighted by atomic mass is 16.2. The Morgan fingerprint density at radius 3 is 2.94 bits per heavy atom. The lowest BCUT2D eigenvalue weighted by Crippen LogP contribution is -2.25. The predicted octanol–water partition coefficient (Wildman–Crippen LogP) is -1.18. The molecule has 3 N–H and O–H groups in total. The number of hydrogen-bond acceptors (Lipinski definition) is 5. The van der Waals surface area contributed by atoms with Crippen molar-refractivity contribution < 1.29 is 4.79 Å². The first kappa shape index (κ1) is 10.0. The summed E-state index contributed by atoms with van der Waals surface area (Å²) in [6, 6.07) is 0. The van der Waals surface area contributed by atoms with Crippen molar-refractivity contribution in [2.75, 3.05) is 0 Å². The molecule has 1 amide bonds. The Labute approximate surface area is 89.1 Å². The molecule has 0 unspecified atom stereocenters. The molecule has 82 valence electrons. The second-order valence-corrected chi connectivity index (χ2v) is 2.91. The number of aromatic amines is 2. The number of nitrogens with zero attached hydrogens (tertiary/aromatic N) is 3. The SMILES string of the molecule is O=C(NCc1ncn[nH]1)c1c[nH]c(=O)cn1. The molecule has 2 rings (SSSR count). The van der Waals surface area contributed by atoms with Gasteiger partial charge in [-0.25, -0.2) is 9.97 Å². The molecule has 0 saturated carbocycles. The van der Waals surface area contributed by atoms with Crippen molar-refractivity contribution in [2.45, 2.75) is 6.54 Å². The van der Waals surface area contributed by atoms with Gasteiger partial charge in [0.15, 0.2) is 0 Å². The molecule has 0 fully saturated rings. The molecule has 0 aliphatic carbocycles. The van der Waals surface area contributed by atoms with E-state index in [1.54, 1.807) is 0 Å². The fourth-order valence-corrected chi connectivity index (χ4v) is 1.04. The first-order valence-corrected chi connectivity index (χ1v) is 4.43. The van der Waals surface area contributed by atoms with E-state index < -0.39 is 5.91 Å². The highest BCUT2D eigenvalue weighted by molar-refractivity contribution is 5.91. The molecule has 0 bridgehead atoms. The molecular weight excluding hydrogens is 212 g/mol. The summed E-state index contributed by atoms with van der Waals surface area (Å²) in [5.74, 6) is 0.144. The van der Waals surface area contributed by atoms with Gasteiger partial charge in [0, 0.05) is 6.20 Å². The minimum atomic E-state index is -0.396. The number of aromatic nitrogens is 5. The minimum absolute atomic E-state index is 0.138. The van der Waals surface area contributed by atoms with Crippen LogP contribution < -0.4 is 10.9 Å². The van der Waals surface area contributed by atoms with Crippen LogP contribution in [0.4, 0.5) is 0 Å². The standard InChI is InChI=1S/C8H8N6O2/c15-7-3-9-5(1-10-7)8(16)11-2-6-12-4-13-14-6/h1,3-4H,2H2,(H,10,15)(H,11,16)(H,12,13,14). The number of amides is 1. The van der Waals surface area contributed by atoms with Crippen LogP contribution in [0, 0.1) is 0 Å². The third-order valence-electron chi connectivity index (χ3n) is 1.79. The van der Waals surface area contributed by atoms with Crippen LogP contribution in [0.1, 0.15) is 16.3 Å². The largest absolute Gasteiger partial charge is 0.343 e. The van der Waals surface area contributed by atoms with E-state index in [1.807, 2.05) is 0 Å². The van der Waals surface area contributed by atoms with Gasteiger partial charge < -0.3 is 10.3 Å². The molecular formula is C8H8N6O2. The van der Waals surface area contributed by atoms with Gasteiger partial charge in [0.25, 0.3) is 11.5 Å². The molecule has 0 aliphatic heterocycles. The van der Waals surface area contributed by atoms with Crippen LogP contribution in [0.3, 0.4) is 0 Å². The van der Waals surface area contributed by atoms with E-state index in [4.69, 9.17) is 0 Å². The van der Waals surface area contributed by atoms with Crippen LogP contribution in [0.5, 0.6) is 0 Å². The molecule has 2 aromatic heterocycles. The molecule has 8 heteroatoms. The number of H-pyrrole nitrogens is 2. The summed E-state index contributed by atoms with van der Waals surface area (Å²) in [6.07, 6.45) is 3.64. The molecule has 8 nitrogen and oxygen atoms in total. The van der Waals surface area contributed by atoms with Crippen molar-refractivity contribution in [3.8, 4) is 0 Å². The third-order valence-corrected chi connectivity index (χ3v) is 1.79. The highest BCUT2D eigenvalue weighted by Crippen LogP contribution is 1.90. The number of carbonyl (C=O) groups excluding carboxylic acids is 1. The summed E-state index contributed by atoms with van der Waals surface area (Å²) in [6.45, 7) is 0.222. The van der Waals surface area contributed by atoms with Gasteiger partial charge in [-0.1, -0.05) is 0 Å². The Balaban J connectivity index is 1.98. The van der Waals surface area contributed by atoms with Crippen LogP contribution in [0.15, 0.2) is 23.5 Å². The fraction of sp³-hybridized carbons (Fsp3) is 0.125. The maximum absolute atomic E-state index is 11.5. The summed E-state index contributed by atoms with van der Waals surface area (Å²) in [7, 11) is 0. The zero-order chi connectivity index (χ0) is 11.4. The maximum atomic E-state index is 11.5. The quantitative estimate of drug-likeness (QED) is 0.601. The van der Waals surface area contributed by atoms with Crippen molar-refractivity contribution in [3.63, 3.8) is 0 Å². The molecule has 0 aliphatic rings. The van der Waals surface area contributed by atoms with Crippen LogP contribution in [-0.4, -0.2) is 31.1 Å². The van der Waals surface area contributed by atoms with Crippen LogP contribution >= 0.6 is 0 Å². The van der Waals surface area contributed by atoms with E-state index in [9.17, 15) is 9.59 Å². The van der Waals surface area contributed by atoms with Crippen molar-refractivity contribution >= 4 is 5.91 Å². The van der Waals surface area contributed by atoms with Crippen molar-refractivity contribution in [1.29, 1.82) is 0 Å². The summed E-state index contributed by atoms with van der Waals surface area (Å²) in [5, 5.41) is 8.80. The zero-order valence-electron chi connectivity index (χ0n) is 8.10. The Kier molecular flexibility index (Phi) is 2.72. The van der Waals surface area contributed by atoms with E-state index in [2.05, 4.69) is 30.5 Å². The molecule has 2 aromatic rings. The molecule has 0 saturated heterocycles. The lowest BCUT2D eigenvalue weighted by Gasteiger charge is -2.00. The van der Waals surface area contributed by atoms with Crippen molar-refractivity contribution in [1.82, 2.24) is 30.5 Å². The molecule has 0 spiro atoms. The Morgan fingerprint density at radius 2 is 2.31 bits per heavy atom. The second-order valence-electron chi connectivity index (χ2n) is 2.91. The molecule has 2 heterocycles. The van der Waals surface area contributed by atoms with Crippen LogP contribution in [0.25, 0.3) is 0 Å². The average Bonchev–Trinajstić information content (AvgIpc) is 2.80. The predicted molar refractivity (Wildman–Crippen MR) is 52.4 cm³/mol. The summed E-state index contributed by atoms with van der Waals surface area (Å²) >= 11 is 0. The normalized spacial score (nSPS) is 10.0. The second kappa shape index (κ2) is 4.34. The van der Waals surface area contributed by atoms with E-state index in [1.165, 1.54) is 12.5 Å². The fourth-order valence-electron chi connectivity index (χ4n) is 1.04. The van der Waals surface area contributed by atoms with Gasteiger partial charge in [0.05, 0.1) is 12.7 Å². The molecule has 0 radical (unpaired) electrons. The van der Waals surface area contributed by atoms with E-state index in [-0.39, 0.29) is 17.8 Å². The Hall–Kier alpha value is -2.51. The number of hydrogen-bond donors (Lipinski definition) is 3. The first-order chi connectivity index (χ1) is 7.75. The van der Waals surface area contributed by atoms with Crippen LogP contribution in [0.2, 0.25) is 0 Å². The first-order valence-electron chi connectivity index (χ1n) is 4.43. The maximum Gasteiger partial charge on any atom is 0.271 e. The van der Waals surface area contributed by atoms with E-state index in [0.29, 0.717) is 5.82 Å². The minimum Gasteiger partial charge on any atom is -0.343 e. The molecule has 16 heavy (non-hydrogen) atoms. The summed E-state index contributed by atoms with van der Waals surface area (Å²) in [5.41, 5.74) is -0.217. The van der Waals surface area contributed by atoms with Crippen molar-refractivity contribution in [3.05, 3.63) is 40.6 Å². The van der Waals surface area contributed by atoms with Crippen molar-refractivity contribution in [2.24, 2.45) is 0 Å². The summed E-state index contributed by atoms with van der Waals surface area (Å²) in [4.78, 5) is 32.1. The third kappa shape index (κ3) is 2.29. The average molecular weight is 220 g/mol. The molecule has 0 aromatic carbocycles. The Bertz CT molecular complexity index is 511. The topological polar surface area (TPSA) is 116 Å². The van der Waals surface area contributed by atoms with Gasteiger partial charge in [-0.2, -0.15) is 5.10 Å². The number of carbonyl (C=O) groups is 1. The van der Waals surface area contributed by atoms with Gasteiger partial charge in [0.2, 0.25) is 0 Å². The van der Waals surface area contributed by atoms with E-state index in [0.717, 1.165) is 6.20 Å². The number of rotatable bonds is 3. The van der Waals surface area contributed by atoms with Gasteiger partial charge in [-0.05, 0) is 0 Å². The zero-order valence-corrected chi connectivity index (χ0v) is 8.10. The van der Waals surface area contributed by atoms with Gasteiger partial charge in [-0.15, -0.1) is 0 Å². The van der Waals surface area contributed by atoms with Crippen LogP contribution in [-0.2, 0) is 6.54 Å². The number of nitrogens with one attached hydrogen (secondary N) is 3. The van der Waals surface area contributed by atoms with Gasteiger partial charge in [-0.3, -0.25) is 14.7 Å². The van der Waals surface area contributed by atoms with E-state index >= 15 is 0 Å². The monoisotopic (exact) mass is 220 g/mol. The lowest BCUT2D eigenvalue weighted by atomic mass is 10.4.